The first-order valence-corrected chi connectivity index (χ1v) is 12.4. The van der Waals surface area contributed by atoms with Crippen LogP contribution in [0.4, 0.5) is 0 Å². The van der Waals surface area contributed by atoms with E-state index in [-0.39, 0.29) is 21.8 Å². The van der Waals surface area contributed by atoms with E-state index in [0.717, 1.165) is 27.8 Å². The quantitative estimate of drug-likeness (QED) is 0.482. The molecule has 0 aliphatic carbocycles. The second kappa shape index (κ2) is 8.07. The molecule has 5 nitrogen and oxygen atoms in total. The Bertz CT molecular complexity index is 1160. The molecule has 0 atom stereocenters. The molecule has 0 saturated carbocycles. The van der Waals surface area contributed by atoms with Crippen molar-refractivity contribution in [2.45, 2.75) is 91.8 Å². The number of aromatic carboxylic acids is 1. The lowest BCUT2D eigenvalue weighted by molar-refractivity contribution is -0.226. The van der Waals surface area contributed by atoms with Crippen molar-refractivity contribution in [1.82, 2.24) is 0 Å². The second-order valence-electron chi connectivity index (χ2n) is 13.5. The Morgan fingerprint density at radius 1 is 0.829 bits per heavy atom. The largest absolute Gasteiger partial charge is 0.478 e. The van der Waals surface area contributed by atoms with Crippen LogP contribution in [0.5, 0.6) is 11.5 Å². The molecule has 2 aliphatic rings. The van der Waals surface area contributed by atoms with Crippen molar-refractivity contribution >= 4 is 5.97 Å². The van der Waals surface area contributed by atoms with Gasteiger partial charge in [-0.05, 0) is 34.1 Å². The van der Waals surface area contributed by atoms with Crippen molar-refractivity contribution in [3.8, 4) is 11.5 Å². The van der Waals surface area contributed by atoms with Crippen LogP contribution >= 0.6 is 0 Å². The predicted molar refractivity (Wildman–Crippen MR) is 138 cm³/mol. The first-order valence-electron chi connectivity index (χ1n) is 12.4. The van der Waals surface area contributed by atoms with Crippen LogP contribution in [0.1, 0.15) is 114 Å². The van der Waals surface area contributed by atoms with Crippen molar-refractivity contribution in [2.75, 3.05) is 13.2 Å². The molecule has 2 aliphatic heterocycles. The van der Waals surface area contributed by atoms with E-state index in [1.54, 1.807) is 6.07 Å². The molecular weight excluding hydrogens is 440 g/mol. The summed E-state index contributed by atoms with van der Waals surface area (Å²) in [4.78, 5) is 12.4. The predicted octanol–water partition coefficient (Wildman–Crippen LogP) is 7.48. The Morgan fingerprint density at radius 2 is 1.31 bits per heavy atom. The normalized spacial score (nSPS) is 19.5. The van der Waals surface area contributed by atoms with Gasteiger partial charge in [0.25, 0.3) is 0 Å². The van der Waals surface area contributed by atoms with Crippen LogP contribution in [0.2, 0.25) is 0 Å². The number of carbonyl (C=O) groups is 1. The lowest BCUT2D eigenvalue weighted by atomic mass is 9.70. The minimum atomic E-state index is -0.994. The van der Waals surface area contributed by atoms with Crippen LogP contribution in [0, 0.1) is 5.41 Å². The average molecular weight is 481 g/mol. The molecule has 0 radical (unpaired) electrons. The molecule has 2 aromatic rings. The van der Waals surface area contributed by atoms with Gasteiger partial charge >= 0.3 is 5.97 Å². The van der Waals surface area contributed by atoms with Crippen LogP contribution in [-0.4, -0.2) is 24.3 Å². The van der Waals surface area contributed by atoms with E-state index >= 15 is 0 Å². The average Bonchev–Trinajstić information content (AvgIpc) is 2.71. The molecule has 0 amide bonds. The Labute approximate surface area is 209 Å². The summed E-state index contributed by atoms with van der Waals surface area (Å²) in [5, 5.41) is 10.1. The first-order chi connectivity index (χ1) is 15.9. The van der Waals surface area contributed by atoms with E-state index in [2.05, 4.69) is 87.4 Å². The van der Waals surface area contributed by atoms with Gasteiger partial charge in [0.15, 0.2) is 6.29 Å². The molecule has 2 aromatic carbocycles. The van der Waals surface area contributed by atoms with Crippen LogP contribution in [-0.2, 0) is 25.7 Å². The lowest BCUT2D eigenvalue weighted by Gasteiger charge is -2.41. The molecule has 1 saturated heterocycles. The third kappa shape index (κ3) is 4.61. The summed E-state index contributed by atoms with van der Waals surface area (Å²) in [5.74, 6) is 0.0569. The fraction of sp³-hybridized carbons (Fsp3) is 0.567. The summed E-state index contributed by atoms with van der Waals surface area (Å²) in [6, 6.07) is 8.18. The van der Waals surface area contributed by atoms with Crippen LogP contribution < -0.4 is 4.74 Å². The smallest absolute Gasteiger partial charge is 0.339 e. The highest BCUT2D eigenvalue weighted by atomic mass is 16.7. The van der Waals surface area contributed by atoms with Crippen molar-refractivity contribution in [1.29, 1.82) is 0 Å². The van der Waals surface area contributed by atoms with E-state index in [0.29, 0.717) is 24.7 Å². The summed E-state index contributed by atoms with van der Waals surface area (Å²) in [6.45, 7) is 22.5. The molecule has 0 unspecified atom stereocenters. The fourth-order valence-corrected chi connectivity index (χ4v) is 4.75. The third-order valence-electron chi connectivity index (χ3n) is 7.22. The van der Waals surface area contributed by atoms with E-state index in [4.69, 9.17) is 14.2 Å². The van der Waals surface area contributed by atoms with Gasteiger partial charge in [-0.3, -0.25) is 0 Å². The van der Waals surface area contributed by atoms with Crippen molar-refractivity contribution in [3.05, 3.63) is 57.6 Å². The molecule has 190 valence electrons. The summed E-state index contributed by atoms with van der Waals surface area (Å²) >= 11 is 0. The topological polar surface area (TPSA) is 65.0 Å². The highest BCUT2D eigenvalue weighted by Crippen LogP contribution is 2.54. The number of hydrogen-bond acceptors (Lipinski definition) is 4. The number of rotatable bonds is 2. The molecule has 2 heterocycles. The van der Waals surface area contributed by atoms with Gasteiger partial charge in [0.05, 0.1) is 18.8 Å². The zero-order valence-electron chi connectivity index (χ0n) is 22.9. The maximum atomic E-state index is 12.4. The first kappa shape index (κ1) is 25.7. The van der Waals surface area contributed by atoms with Gasteiger partial charge in [-0.15, -0.1) is 0 Å². The van der Waals surface area contributed by atoms with Gasteiger partial charge in [0.1, 0.15) is 17.1 Å². The summed E-state index contributed by atoms with van der Waals surface area (Å²) in [7, 11) is 0. The lowest BCUT2D eigenvalue weighted by Crippen LogP contribution is -2.35. The standard InChI is InChI=1S/C30H40O5/c1-27(2,3)17-11-19(25(31)32)23-21(13-17)30(9,10)22-14-18(28(4,5)6)12-20(24(22)35-23)26-33-15-29(7,8)16-34-26/h11-14,26H,15-16H2,1-10H3,(H,31,32). The molecular formula is C30H40O5. The Balaban J connectivity index is 1.97. The summed E-state index contributed by atoms with van der Waals surface area (Å²) < 4.78 is 18.9. The minimum absolute atomic E-state index is 0.0647. The number of carboxylic acids is 1. The molecule has 35 heavy (non-hydrogen) atoms. The fourth-order valence-electron chi connectivity index (χ4n) is 4.75. The van der Waals surface area contributed by atoms with Gasteiger partial charge in [0.2, 0.25) is 0 Å². The van der Waals surface area contributed by atoms with Gasteiger partial charge in [-0.2, -0.15) is 0 Å². The van der Waals surface area contributed by atoms with Crippen molar-refractivity contribution < 1.29 is 24.1 Å². The second-order valence-corrected chi connectivity index (χ2v) is 13.5. The van der Waals surface area contributed by atoms with E-state index in [1.165, 1.54) is 0 Å². The van der Waals surface area contributed by atoms with Crippen molar-refractivity contribution in [2.24, 2.45) is 5.41 Å². The third-order valence-corrected chi connectivity index (χ3v) is 7.22. The van der Waals surface area contributed by atoms with E-state index in [9.17, 15) is 9.90 Å². The number of ether oxygens (including phenoxy) is 3. The number of hydrogen-bond donors (Lipinski definition) is 1. The van der Waals surface area contributed by atoms with Gasteiger partial charge in [0, 0.05) is 22.0 Å². The van der Waals surface area contributed by atoms with Gasteiger partial charge < -0.3 is 19.3 Å². The zero-order valence-corrected chi connectivity index (χ0v) is 22.9. The molecule has 1 N–H and O–H groups in total. The monoisotopic (exact) mass is 480 g/mol. The van der Waals surface area contributed by atoms with E-state index in [1.807, 2.05) is 0 Å². The molecule has 0 spiro atoms. The number of benzene rings is 2. The van der Waals surface area contributed by atoms with Crippen LogP contribution in [0.25, 0.3) is 0 Å². The molecule has 0 bridgehead atoms. The number of carboxylic acid groups (broad SMARTS) is 1. The molecule has 4 rings (SSSR count). The van der Waals surface area contributed by atoms with Crippen LogP contribution in [0.3, 0.4) is 0 Å². The van der Waals surface area contributed by atoms with Gasteiger partial charge in [-0.25, -0.2) is 4.79 Å². The molecule has 0 aromatic heterocycles. The minimum Gasteiger partial charge on any atom is -0.478 e. The highest BCUT2D eigenvalue weighted by molar-refractivity contribution is 5.93. The summed E-state index contributed by atoms with van der Waals surface area (Å²) in [6.07, 6.45) is -0.571. The zero-order chi connectivity index (χ0) is 26.1. The van der Waals surface area contributed by atoms with Crippen LogP contribution in [0.15, 0.2) is 24.3 Å². The molecule has 5 heteroatoms. The Morgan fingerprint density at radius 3 is 1.80 bits per heavy atom. The Kier molecular flexibility index (Phi) is 5.93. The van der Waals surface area contributed by atoms with Crippen molar-refractivity contribution in [3.63, 3.8) is 0 Å². The van der Waals surface area contributed by atoms with E-state index < -0.39 is 17.7 Å². The Hall–Kier alpha value is -2.37. The summed E-state index contributed by atoms with van der Waals surface area (Å²) in [5.41, 5.74) is 4.18. The number of fused-ring (bicyclic) bond motifs is 2. The van der Waals surface area contributed by atoms with Gasteiger partial charge in [-0.1, -0.05) is 81.4 Å². The molecule has 1 fully saturated rings. The SMILES string of the molecule is CC1(C)COC(c2cc(C(C)(C)C)cc3c2Oc2c(C(=O)O)cc(C(C)(C)C)cc2C3(C)C)OC1. The maximum Gasteiger partial charge on any atom is 0.339 e. The maximum absolute atomic E-state index is 12.4. The highest BCUT2D eigenvalue weighted by Gasteiger charge is 2.42.